The van der Waals surface area contributed by atoms with Gasteiger partial charge in [-0.05, 0) is 30.0 Å². The summed E-state index contributed by atoms with van der Waals surface area (Å²) in [5.41, 5.74) is 2.18. The average molecular weight is 463 g/mol. The van der Waals surface area contributed by atoms with Gasteiger partial charge in [0.1, 0.15) is 6.10 Å². The minimum absolute atomic E-state index is 0.0792. The second-order valence-corrected chi connectivity index (χ2v) is 10.2. The molecule has 0 spiro atoms. The van der Waals surface area contributed by atoms with E-state index in [0.717, 1.165) is 38.5 Å². The van der Waals surface area contributed by atoms with E-state index in [1.165, 1.54) is 17.3 Å². The molecule has 0 radical (unpaired) electrons. The van der Waals surface area contributed by atoms with Crippen molar-refractivity contribution in [3.05, 3.63) is 29.8 Å². The van der Waals surface area contributed by atoms with E-state index in [9.17, 15) is 15.0 Å². The van der Waals surface area contributed by atoms with Crippen molar-refractivity contribution in [2.45, 2.75) is 49.7 Å². The van der Waals surface area contributed by atoms with Gasteiger partial charge < -0.3 is 25.6 Å². The molecule has 5 unspecified atom stereocenters. The molecule has 0 aromatic heterocycles. The van der Waals surface area contributed by atoms with E-state index in [4.69, 9.17) is 4.74 Å². The smallest absolute Gasteiger partial charge is 0.224 e. The number of aliphatic imine (C=N–C) groups is 1. The molecule has 32 heavy (non-hydrogen) atoms. The molecule has 4 N–H and O–H groups in total. The van der Waals surface area contributed by atoms with Crippen molar-refractivity contribution in [2.75, 3.05) is 44.7 Å². The predicted molar refractivity (Wildman–Crippen MR) is 127 cm³/mol. The Morgan fingerprint density at radius 1 is 1.25 bits per heavy atom. The largest absolute Gasteiger partial charge is 0.390 e. The molecule has 2 fully saturated rings. The molecule has 2 aliphatic heterocycles. The minimum Gasteiger partial charge on any atom is -0.390 e. The second kappa shape index (κ2) is 10.5. The molecule has 2 heterocycles. The standard InChI is InChI=1S/C23H34N4O4S/c1-14(2)15-3-5-16(6-4-15)25-23-26-19-20(29)18(28)13-17(21(19)32-23)22(30)24-7-8-27-9-11-31-12-10-27/h3-6,14,17-21,28-29H,7-13H2,1-2H3,(H,24,30)(H,25,26). The summed E-state index contributed by atoms with van der Waals surface area (Å²) in [6, 6.07) is 7.70. The number of anilines is 1. The number of ether oxygens (including phenoxy) is 1. The van der Waals surface area contributed by atoms with Gasteiger partial charge in [0.2, 0.25) is 5.91 Å². The first-order chi connectivity index (χ1) is 15.4. The highest BCUT2D eigenvalue weighted by Gasteiger charge is 2.50. The molecule has 8 nitrogen and oxygen atoms in total. The molecule has 176 valence electrons. The van der Waals surface area contributed by atoms with Crippen LogP contribution in [0.1, 0.15) is 31.7 Å². The summed E-state index contributed by atoms with van der Waals surface area (Å²) in [5, 5.41) is 27.7. The summed E-state index contributed by atoms with van der Waals surface area (Å²) in [5.74, 6) is -0.0202. The van der Waals surface area contributed by atoms with Crippen molar-refractivity contribution < 1.29 is 19.7 Å². The van der Waals surface area contributed by atoms with E-state index in [-0.39, 0.29) is 17.6 Å². The van der Waals surface area contributed by atoms with Crippen LogP contribution in [0, 0.1) is 5.92 Å². The van der Waals surface area contributed by atoms with Gasteiger partial charge in [-0.2, -0.15) is 0 Å². The number of rotatable bonds is 6. The van der Waals surface area contributed by atoms with Gasteiger partial charge >= 0.3 is 0 Å². The summed E-state index contributed by atoms with van der Waals surface area (Å²) in [6.07, 6.45) is -1.68. The number of carbonyl (C=O) groups excluding carboxylic acids is 1. The van der Waals surface area contributed by atoms with Crippen LogP contribution >= 0.6 is 11.8 Å². The van der Waals surface area contributed by atoms with E-state index in [1.54, 1.807) is 0 Å². The lowest BCUT2D eigenvalue weighted by atomic mass is 9.81. The van der Waals surface area contributed by atoms with Crippen LogP contribution < -0.4 is 10.6 Å². The van der Waals surface area contributed by atoms with Crippen LogP contribution in [0.3, 0.4) is 0 Å². The van der Waals surface area contributed by atoms with Crippen molar-refractivity contribution in [1.29, 1.82) is 0 Å². The summed E-state index contributed by atoms with van der Waals surface area (Å²) >= 11 is 1.48. The average Bonchev–Trinajstić information content (AvgIpc) is 3.21. The first kappa shape index (κ1) is 23.5. The first-order valence-corrected chi connectivity index (χ1v) is 12.4. The SMILES string of the molecule is CC(C)c1ccc(NC2=NC3C(O)C(O)CC(C(=O)NCCN4CCOCC4)C3S2)cc1. The monoisotopic (exact) mass is 462 g/mol. The van der Waals surface area contributed by atoms with Gasteiger partial charge in [0.25, 0.3) is 0 Å². The number of aliphatic hydroxyl groups is 2. The number of benzene rings is 1. The maximum Gasteiger partial charge on any atom is 0.224 e. The Kier molecular flexibility index (Phi) is 7.73. The molecule has 1 amide bonds. The summed E-state index contributed by atoms with van der Waals surface area (Å²) < 4.78 is 5.36. The van der Waals surface area contributed by atoms with Crippen LogP contribution in [0.15, 0.2) is 29.3 Å². The lowest BCUT2D eigenvalue weighted by Crippen LogP contribution is -2.54. The summed E-state index contributed by atoms with van der Waals surface area (Å²) in [4.78, 5) is 19.9. The van der Waals surface area contributed by atoms with Crippen molar-refractivity contribution in [3.63, 3.8) is 0 Å². The molecule has 1 aromatic rings. The van der Waals surface area contributed by atoms with Gasteiger partial charge in [-0.15, -0.1) is 0 Å². The Balaban J connectivity index is 1.36. The fourth-order valence-corrected chi connectivity index (χ4v) is 5.85. The molecule has 0 bridgehead atoms. The highest BCUT2D eigenvalue weighted by atomic mass is 32.2. The van der Waals surface area contributed by atoms with Crippen molar-refractivity contribution in [3.8, 4) is 0 Å². The highest BCUT2D eigenvalue weighted by molar-refractivity contribution is 8.15. The van der Waals surface area contributed by atoms with Crippen molar-refractivity contribution >= 4 is 28.5 Å². The minimum atomic E-state index is -0.965. The van der Waals surface area contributed by atoms with Crippen molar-refractivity contribution in [2.24, 2.45) is 10.9 Å². The van der Waals surface area contributed by atoms with Crippen LogP contribution in [-0.2, 0) is 9.53 Å². The van der Waals surface area contributed by atoms with Crippen LogP contribution in [0.25, 0.3) is 0 Å². The second-order valence-electron chi connectivity index (χ2n) is 9.05. The fourth-order valence-electron chi connectivity index (χ4n) is 4.48. The van der Waals surface area contributed by atoms with Gasteiger partial charge in [-0.25, -0.2) is 0 Å². The third kappa shape index (κ3) is 5.46. The Morgan fingerprint density at radius 3 is 2.66 bits per heavy atom. The predicted octanol–water partition coefficient (Wildman–Crippen LogP) is 1.25. The first-order valence-electron chi connectivity index (χ1n) is 11.5. The molecule has 1 saturated carbocycles. The zero-order valence-corrected chi connectivity index (χ0v) is 19.6. The normalized spacial score (nSPS) is 30.7. The number of hydrogen-bond acceptors (Lipinski definition) is 8. The Labute approximate surface area is 193 Å². The quantitative estimate of drug-likeness (QED) is 0.504. The van der Waals surface area contributed by atoms with Crippen molar-refractivity contribution in [1.82, 2.24) is 10.2 Å². The van der Waals surface area contributed by atoms with Gasteiger partial charge in [0.15, 0.2) is 5.17 Å². The summed E-state index contributed by atoms with van der Waals surface area (Å²) in [6.45, 7) is 8.88. The lowest BCUT2D eigenvalue weighted by molar-refractivity contribution is -0.129. The van der Waals surface area contributed by atoms with Crippen LogP contribution in [0.2, 0.25) is 0 Å². The number of carbonyl (C=O) groups is 1. The van der Waals surface area contributed by atoms with E-state index in [0.29, 0.717) is 17.6 Å². The molecule has 3 aliphatic rings. The number of amidine groups is 1. The zero-order valence-electron chi connectivity index (χ0n) is 18.7. The molecule has 1 aliphatic carbocycles. The number of aliphatic hydroxyl groups excluding tert-OH is 2. The van der Waals surface area contributed by atoms with E-state index >= 15 is 0 Å². The fraction of sp³-hybridized carbons (Fsp3) is 0.652. The number of amides is 1. The highest BCUT2D eigenvalue weighted by Crippen LogP contribution is 2.41. The molecular formula is C23H34N4O4S. The number of nitrogens with zero attached hydrogens (tertiary/aromatic N) is 2. The van der Waals surface area contributed by atoms with Crippen LogP contribution in [0.4, 0.5) is 5.69 Å². The molecule has 4 rings (SSSR count). The Hall–Kier alpha value is -1.65. The molecule has 1 saturated heterocycles. The van der Waals surface area contributed by atoms with Gasteiger partial charge in [-0.1, -0.05) is 37.7 Å². The Morgan fingerprint density at radius 2 is 1.97 bits per heavy atom. The number of fused-ring (bicyclic) bond motifs is 1. The topological polar surface area (TPSA) is 106 Å². The number of morpholine rings is 1. The zero-order chi connectivity index (χ0) is 22.7. The maximum absolute atomic E-state index is 13.0. The van der Waals surface area contributed by atoms with E-state index in [2.05, 4.69) is 46.5 Å². The third-order valence-corrected chi connectivity index (χ3v) is 7.79. The molecule has 5 atom stereocenters. The molecule has 9 heteroatoms. The summed E-state index contributed by atoms with van der Waals surface area (Å²) in [7, 11) is 0. The van der Waals surface area contributed by atoms with E-state index in [1.807, 2.05) is 12.1 Å². The molecular weight excluding hydrogens is 428 g/mol. The lowest BCUT2D eigenvalue weighted by Gasteiger charge is -2.37. The Bertz CT molecular complexity index is 813. The van der Waals surface area contributed by atoms with Crippen LogP contribution in [-0.4, -0.2) is 89.1 Å². The van der Waals surface area contributed by atoms with Gasteiger partial charge in [-0.3, -0.25) is 14.7 Å². The maximum atomic E-state index is 13.0. The van der Waals surface area contributed by atoms with Gasteiger partial charge in [0, 0.05) is 37.1 Å². The number of nitrogens with one attached hydrogen (secondary N) is 2. The number of hydrogen-bond donors (Lipinski definition) is 4. The van der Waals surface area contributed by atoms with Gasteiger partial charge in [0.05, 0.1) is 31.3 Å². The molecule has 1 aromatic carbocycles. The number of thioether (sulfide) groups is 1. The van der Waals surface area contributed by atoms with Crippen LogP contribution in [0.5, 0.6) is 0 Å². The van der Waals surface area contributed by atoms with E-state index < -0.39 is 24.2 Å². The third-order valence-electron chi connectivity index (χ3n) is 6.48.